The van der Waals surface area contributed by atoms with Crippen LogP contribution in [0.4, 0.5) is 0 Å². The molecule has 0 saturated heterocycles. The zero-order chi connectivity index (χ0) is 12.7. The molecule has 0 radical (unpaired) electrons. The van der Waals surface area contributed by atoms with Crippen LogP contribution in [0.15, 0.2) is 17.5 Å². The summed E-state index contributed by atoms with van der Waals surface area (Å²) >= 11 is 1.86. The van der Waals surface area contributed by atoms with Crippen molar-refractivity contribution >= 4 is 11.3 Å². The lowest BCUT2D eigenvalue weighted by Crippen LogP contribution is -2.33. The van der Waals surface area contributed by atoms with Crippen molar-refractivity contribution in [3.63, 3.8) is 0 Å². The van der Waals surface area contributed by atoms with Gasteiger partial charge in [-0.2, -0.15) is 0 Å². The minimum absolute atomic E-state index is 0.690. The molecule has 0 fully saturated rings. The van der Waals surface area contributed by atoms with E-state index in [1.54, 1.807) is 0 Å². The molecule has 0 amide bonds. The summed E-state index contributed by atoms with van der Waals surface area (Å²) in [6, 6.07) is 5.06. The van der Waals surface area contributed by atoms with Crippen molar-refractivity contribution in [2.75, 3.05) is 6.54 Å². The average molecular weight is 253 g/mol. The lowest BCUT2D eigenvalue weighted by molar-refractivity contribution is 0.362. The first-order valence-electron chi connectivity index (χ1n) is 6.83. The van der Waals surface area contributed by atoms with Gasteiger partial charge in [-0.05, 0) is 42.5 Å². The lowest BCUT2D eigenvalue weighted by Gasteiger charge is -2.22. The molecule has 1 N–H and O–H groups in total. The topological polar surface area (TPSA) is 12.0 Å². The first kappa shape index (κ1) is 14.7. The van der Waals surface area contributed by atoms with Crippen molar-refractivity contribution < 1.29 is 0 Å². The summed E-state index contributed by atoms with van der Waals surface area (Å²) in [5.41, 5.74) is 0. The van der Waals surface area contributed by atoms with Crippen molar-refractivity contribution in [2.45, 2.75) is 53.0 Å². The van der Waals surface area contributed by atoms with Gasteiger partial charge in [-0.1, -0.05) is 33.8 Å². The summed E-state index contributed by atoms with van der Waals surface area (Å²) in [4.78, 5) is 1.49. The Morgan fingerprint density at radius 3 is 2.24 bits per heavy atom. The fourth-order valence-corrected chi connectivity index (χ4v) is 2.96. The van der Waals surface area contributed by atoms with Crippen LogP contribution in [0.3, 0.4) is 0 Å². The first-order chi connectivity index (χ1) is 8.08. The molecule has 0 aromatic carbocycles. The van der Waals surface area contributed by atoms with Gasteiger partial charge in [0.1, 0.15) is 0 Å². The van der Waals surface area contributed by atoms with Crippen molar-refractivity contribution in [2.24, 2.45) is 11.8 Å². The summed E-state index contributed by atoms with van der Waals surface area (Å²) in [7, 11) is 0. The number of nitrogens with one attached hydrogen (secondary N) is 1. The maximum absolute atomic E-state index is 3.73. The second-order valence-corrected chi connectivity index (χ2v) is 6.77. The average Bonchev–Trinajstić information content (AvgIpc) is 2.68. The van der Waals surface area contributed by atoms with Crippen LogP contribution in [0.5, 0.6) is 0 Å². The molecule has 0 aliphatic carbocycles. The SMILES string of the molecule is CC(C)CC(CC(C)C)NCCc1cccs1. The fourth-order valence-electron chi connectivity index (χ4n) is 2.26. The Bertz CT molecular complexity index is 267. The first-order valence-corrected chi connectivity index (χ1v) is 7.71. The van der Waals surface area contributed by atoms with E-state index >= 15 is 0 Å². The number of hydrogen-bond donors (Lipinski definition) is 1. The van der Waals surface area contributed by atoms with Crippen LogP contribution in [0.2, 0.25) is 0 Å². The minimum Gasteiger partial charge on any atom is -0.314 e. The summed E-state index contributed by atoms with van der Waals surface area (Å²) in [5, 5.41) is 5.89. The zero-order valence-corrected chi connectivity index (χ0v) is 12.5. The van der Waals surface area contributed by atoms with Gasteiger partial charge in [-0.3, -0.25) is 0 Å². The zero-order valence-electron chi connectivity index (χ0n) is 11.7. The van der Waals surface area contributed by atoms with E-state index in [0.29, 0.717) is 6.04 Å². The maximum atomic E-state index is 3.73. The molecule has 2 heteroatoms. The molecule has 1 aromatic heterocycles. The summed E-state index contributed by atoms with van der Waals surface area (Å²) in [6.45, 7) is 10.4. The number of thiophene rings is 1. The molecule has 0 saturated carbocycles. The molecule has 17 heavy (non-hydrogen) atoms. The van der Waals surface area contributed by atoms with Gasteiger partial charge in [0.15, 0.2) is 0 Å². The van der Waals surface area contributed by atoms with Gasteiger partial charge >= 0.3 is 0 Å². The van der Waals surface area contributed by atoms with Crippen LogP contribution in [0, 0.1) is 11.8 Å². The van der Waals surface area contributed by atoms with Crippen LogP contribution in [-0.4, -0.2) is 12.6 Å². The summed E-state index contributed by atoms with van der Waals surface area (Å²) in [6.07, 6.45) is 3.76. The van der Waals surface area contributed by atoms with Crippen LogP contribution in [0.1, 0.15) is 45.4 Å². The van der Waals surface area contributed by atoms with E-state index < -0.39 is 0 Å². The van der Waals surface area contributed by atoms with E-state index in [9.17, 15) is 0 Å². The van der Waals surface area contributed by atoms with Gasteiger partial charge in [0.25, 0.3) is 0 Å². The molecule has 98 valence electrons. The van der Waals surface area contributed by atoms with Crippen LogP contribution >= 0.6 is 11.3 Å². The van der Waals surface area contributed by atoms with Crippen molar-refractivity contribution in [1.29, 1.82) is 0 Å². The third kappa shape index (κ3) is 6.85. The van der Waals surface area contributed by atoms with Gasteiger partial charge in [-0.25, -0.2) is 0 Å². The Balaban J connectivity index is 2.27. The maximum Gasteiger partial charge on any atom is 0.00720 e. The molecule has 1 aromatic rings. The smallest absolute Gasteiger partial charge is 0.00720 e. The lowest BCUT2D eigenvalue weighted by atomic mass is 9.95. The van der Waals surface area contributed by atoms with E-state index in [1.165, 1.54) is 24.1 Å². The van der Waals surface area contributed by atoms with Crippen LogP contribution < -0.4 is 5.32 Å². The van der Waals surface area contributed by atoms with Crippen molar-refractivity contribution in [1.82, 2.24) is 5.32 Å². The Morgan fingerprint density at radius 1 is 1.12 bits per heavy atom. The van der Waals surface area contributed by atoms with Crippen molar-refractivity contribution in [3.05, 3.63) is 22.4 Å². The predicted molar refractivity (Wildman–Crippen MR) is 78.7 cm³/mol. The quantitative estimate of drug-likeness (QED) is 0.726. The van der Waals surface area contributed by atoms with E-state index in [1.807, 2.05) is 11.3 Å². The largest absolute Gasteiger partial charge is 0.314 e. The van der Waals surface area contributed by atoms with E-state index in [0.717, 1.165) is 18.4 Å². The highest BCUT2D eigenvalue weighted by Crippen LogP contribution is 2.14. The van der Waals surface area contributed by atoms with Gasteiger partial charge in [-0.15, -0.1) is 11.3 Å². The van der Waals surface area contributed by atoms with Gasteiger partial charge in [0, 0.05) is 17.5 Å². The van der Waals surface area contributed by atoms with Gasteiger partial charge < -0.3 is 5.32 Å². The molecule has 0 spiro atoms. The Labute approximate surface area is 111 Å². The van der Waals surface area contributed by atoms with Crippen LogP contribution in [-0.2, 0) is 6.42 Å². The van der Waals surface area contributed by atoms with Gasteiger partial charge in [0.05, 0.1) is 0 Å². The highest BCUT2D eigenvalue weighted by atomic mass is 32.1. The third-order valence-electron chi connectivity index (χ3n) is 2.90. The Morgan fingerprint density at radius 2 is 1.76 bits per heavy atom. The Hall–Kier alpha value is -0.340. The van der Waals surface area contributed by atoms with E-state index in [2.05, 4.69) is 50.5 Å². The molecular formula is C15H27NS. The molecule has 0 aliphatic rings. The predicted octanol–water partition coefficient (Wildman–Crippen LogP) is 4.34. The number of rotatable bonds is 8. The highest BCUT2D eigenvalue weighted by Gasteiger charge is 2.11. The molecule has 0 aliphatic heterocycles. The summed E-state index contributed by atoms with van der Waals surface area (Å²) in [5.74, 6) is 1.57. The van der Waals surface area contributed by atoms with Crippen LogP contribution in [0.25, 0.3) is 0 Å². The third-order valence-corrected chi connectivity index (χ3v) is 3.83. The summed E-state index contributed by atoms with van der Waals surface area (Å²) < 4.78 is 0. The normalized spacial score (nSPS) is 11.9. The molecule has 0 unspecified atom stereocenters. The molecule has 0 bridgehead atoms. The van der Waals surface area contributed by atoms with Crippen molar-refractivity contribution in [3.8, 4) is 0 Å². The Kier molecular flexibility index (Phi) is 6.83. The second kappa shape index (κ2) is 7.88. The molecule has 1 heterocycles. The van der Waals surface area contributed by atoms with Gasteiger partial charge in [0.2, 0.25) is 0 Å². The standard InChI is InChI=1S/C15H27NS/c1-12(2)10-14(11-13(3)4)16-8-7-15-6-5-9-17-15/h5-6,9,12-14,16H,7-8,10-11H2,1-4H3. The van der Waals surface area contributed by atoms with E-state index in [4.69, 9.17) is 0 Å². The molecular weight excluding hydrogens is 226 g/mol. The minimum atomic E-state index is 0.690. The highest BCUT2D eigenvalue weighted by molar-refractivity contribution is 7.09. The fraction of sp³-hybridized carbons (Fsp3) is 0.733. The number of hydrogen-bond acceptors (Lipinski definition) is 2. The molecule has 1 rings (SSSR count). The van der Waals surface area contributed by atoms with E-state index in [-0.39, 0.29) is 0 Å². The molecule has 0 atom stereocenters. The second-order valence-electron chi connectivity index (χ2n) is 5.74. The molecule has 1 nitrogen and oxygen atoms in total. The monoisotopic (exact) mass is 253 g/mol.